The van der Waals surface area contributed by atoms with Gasteiger partial charge in [-0.3, -0.25) is 10.7 Å². The minimum absolute atomic E-state index is 0.310. The lowest BCUT2D eigenvalue weighted by atomic mass is 10.2. The Balaban J connectivity index is 2.84. The Labute approximate surface area is 74.2 Å². The molecule has 4 N–H and O–H groups in total. The van der Waals surface area contributed by atoms with E-state index in [4.69, 9.17) is 10.9 Å². The van der Waals surface area contributed by atoms with Crippen molar-refractivity contribution in [1.82, 2.24) is 10.2 Å². The van der Waals surface area contributed by atoms with Crippen molar-refractivity contribution >= 4 is 22.4 Å². The number of nitrogen functional groups attached to an aromatic ring is 1. The third-order valence-corrected chi connectivity index (χ3v) is 1.82. The fourth-order valence-electron chi connectivity index (χ4n) is 1.21. The summed E-state index contributed by atoms with van der Waals surface area (Å²) in [5.41, 5.74) is 7.56. The molecule has 0 bridgehead atoms. The third kappa shape index (κ3) is 1.15. The molecule has 0 aliphatic heterocycles. The van der Waals surface area contributed by atoms with E-state index in [1.807, 2.05) is 23.7 Å². The Kier molecular flexibility index (Phi) is 1.71. The van der Waals surface area contributed by atoms with E-state index in [9.17, 15) is 0 Å². The molecule has 66 valence electrons. The number of nitrogens with one attached hydrogen (secondary N) is 1. The van der Waals surface area contributed by atoms with Gasteiger partial charge in [0.15, 0.2) is 11.6 Å². The van der Waals surface area contributed by atoms with E-state index in [1.54, 1.807) is 6.07 Å². The standard InChI is InChI=1S/C8H8N4O/c9-7-5-3-1-2-4-6(5)8(12-13)11-10-7/h1-4,13H,(H2,9,10)(H,11,12). The molecule has 0 saturated heterocycles. The van der Waals surface area contributed by atoms with Crippen LogP contribution in [0.4, 0.5) is 11.6 Å². The maximum atomic E-state index is 8.73. The van der Waals surface area contributed by atoms with Gasteiger partial charge in [-0.15, -0.1) is 10.2 Å². The lowest BCUT2D eigenvalue weighted by molar-refractivity contribution is 0.386. The number of nitrogens with two attached hydrogens (primary N) is 1. The van der Waals surface area contributed by atoms with Gasteiger partial charge in [0.05, 0.1) is 0 Å². The summed E-state index contributed by atoms with van der Waals surface area (Å²) in [6.07, 6.45) is 0. The van der Waals surface area contributed by atoms with Crippen LogP contribution in [0.3, 0.4) is 0 Å². The van der Waals surface area contributed by atoms with Gasteiger partial charge in [0, 0.05) is 10.8 Å². The fourth-order valence-corrected chi connectivity index (χ4v) is 1.21. The van der Waals surface area contributed by atoms with E-state index in [1.165, 1.54) is 0 Å². The van der Waals surface area contributed by atoms with Crippen molar-refractivity contribution in [3.63, 3.8) is 0 Å². The monoisotopic (exact) mass is 176 g/mol. The van der Waals surface area contributed by atoms with Gasteiger partial charge < -0.3 is 5.73 Å². The molecular weight excluding hydrogens is 168 g/mol. The normalized spacial score (nSPS) is 10.2. The molecule has 1 aromatic heterocycles. The number of hydrogen-bond donors (Lipinski definition) is 3. The SMILES string of the molecule is Nc1nnc(NO)c2ccccc12. The van der Waals surface area contributed by atoms with Crippen LogP contribution < -0.4 is 11.2 Å². The number of benzene rings is 1. The first-order chi connectivity index (χ1) is 6.33. The van der Waals surface area contributed by atoms with Crippen molar-refractivity contribution in [2.75, 3.05) is 11.2 Å². The molecule has 0 aliphatic rings. The smallest absolute Gasteiger partial charge is 0.180 e. The highest BCUT2D eigenvalue weighted by atomic mass is 16.5. The van der Waals surface area contributed by atoms with Crippen molar-refractivity contribution in [3.05, 3.63) is 24.3 Å². The van der Waals surface area contributed by atoms with Crippen LogP contribution in [0.1, 0.15) is 0 Å². The van der Waals surface area contributed by atoms with E-state index in [2.05, 4.69) is 10.2 Å². The van der Waals surface area contributed by atoms with Gasteiger partial charge >= 0.3 is 0 Å². The largest absolute Gasteiger partial charge is 0.382 e. The summed E-state index contributed by atoms with van der Waals surface area (Å²) in [6.45, 7) is 0. The Morgan fingerprint density at radius 2 is 1.85 bits per heavy atom. The van der Waals surface area contributed by atoms with Gasteiger partial charge in [0.25, 0.3) is 0 Å². The Morgan fingerprint density at radius 3 is 2.54 bits per heavy atom. The predicted molar refractivity (Wildman–Crippen MR) is 49.4 cm³/mol. The highest BCUT2D eigenvalue weighted by molar-refractivity contribution is 5.97. The van der Waals surface area contributed by atoms with E-state index < -0.39 is 0 Å². The molecule has 0 amide bonds. The highest BCUT2D eigenvalue weighted by Crippen LogP contribution is 2.22. The summed E-state index contributed by atoms with van der Waals surface area (Å²) in [5.74, 6) is 0.666. The molecule has 5 nitrogen and oxygen atoms in total. The topological polar surface area (TPSA) is 84.1 Å². The number of nitrogens with zero attached hydrogens (tertiary/aromatic N) is 2. The molecule has 1 heterocycles. The van der Waals surface area contributed by atoms with Crippen molar-refractivity contribution in [2.24, 2.45) is 0 Å². The van der Waals surface area contributed by atoms with E-state index in [-0.39, 0.29) is 0 Å². The number of rotatable bonds is 1. The van der Waals surface area contributed by atoms with E-state index in [0.717, 1.165) is 10.8 Å². The maximum Gasteiger partial charge on any atom is 0.180 e. The number of fused-ring (bicyclic) bond motifs is 1. The third-order valence-electron chi connectivity index (χ3n) is 1.82. The van der Waals surface area contributed by atoms with Gasteiger partial charge in [-0.05, 0) is 0 Å². The molecule has 2 aromatic rings. The molecule has 0 spiro atoms. The molecule has 0 atom stereocenters. The minimum Gasteiger partial charge on any atom is -0.382 e. The molecule has 5 heteroatoms. The van der Waals surface area contributed by atoms with Crippen LogP contribution >= 0.6 is 0 Å². The molecule has 0 fully saturated rings. The quantitative estimate of drug-likeness (QED) is 0.565. The van der Waals surface area contributed by atoms with Gasteiger partial charge in [-0.1, -0.05) is 24.3 Å². The first-order valence-corrected chi connectivity index (χ1v) is 3.74. The first kappa shape index (κ1) is 7.75. The minimum atomic E-state index is 0.310. The van der Waals surface area contributed by atoms with Crippen LogP contribution in [0.15, 0.2) is 24.3 Å². The Hall–Kier alpha value is -1.88. The van der Waals surface area contributed by atoms with Crippen LogP contribution in [-0.2, 0) is 0 Å². The van der Waals surface area contributed by atoms with Crippen molar-refractivity contribution in [3.8, 4) is 0 Å². The molecule has 2 rings (SSSR count). The average molecular weight is 176 g/mol. The van der Waals surface area contributed by atoms with Crippen LogP contribution in [-0.4, -0.2) is 15.4 Å². The van der Waals surface area contributed by atoms with Crippen LogP contribution in [0.2, 0.25) is 0 Å². The zero-order valence-corrected chi connectivity index (χ0v) is 6.73. The zero-order valence-electron chi connectivity index (χ0n) is 6.73. The van der Waals surface area contributed by atoms with Crippen LogP contribution in [0, 0.1) is 0 Å². The molecule has 1 aromatic carbocycles. The molecule has 0 saturated carbocycles. The van der Waals surface area contributed by atoms with Gasteiger partial charge in [0.1, 0.15) is 0 Å². The van der Waals surface area contributed by atoms with E-state index in [0.29, 0.717) is 11.6 Å². The Bertz CT molecular complexity index is 443. The molecule has 0 unspecified atom stereocenters. The summed E-state index contributed by atoms with van der Waals surface area (Å²) in [6, 6.07) is 7.31. The average Bonchev–Trinajstić information content (AvgIpc) is 2.19. The summed E-state index contributed by atoms with van der Waals surface area (Å²) in [7, 11) is 0. The Morgan fingerprint density at radius 1 is 1.15 bits per heavy atom. The van der Waals surface area contributed by atoms with Crippen molar-refractivity contribution in [1.29, 1.82) is 0 Å². The van der Waals surface area contributed by atoms with Gasteiger partial charge in [-0.25, -0.2) is 0 Å². The van der Waals surface area contributed by atoms with Crippen LogP contribution in [0.5, 0.6) is 0 Å². The van der Waals surface area contributed by atoms with Gasteiger partial charge in [0.2, 0.25) is 0 Å². The maximum absolute atomic E-state index is 8.73. The molecular formula is C8H8N4O. The summed E-state index contributed by atoms with van der Waals surface area (Å²) >= 11 is 0. The van der Waals surface area contributed by atoms with Crippen molar-refractivity contribution < 1.29 is 5.21 Å². The summed E-state index contributed by atoms with van der Waals surface area (Å²) in [4.78, 5) is 0. The molecule has 0 radical (unpaired) electrons. The lowest BCUT2D eigenvalue weighted by Gasteiger charge is -2.03. The number of aromatic nitrogens is 2. The van der Waals surface area contributed by atoms with Crippen LogP contribution in [0.25, 0.3) is 10.8 Å². The second-order valence-corrected chi connectivity index (χ2v) is 2.59. The summed E-state index contributed by atoms with van der Waals surface area (Å²) < 4.78 is 0. The van der Waals surface area contributed by atoms with Crippen molar-refractivity contribution in [2.45, 2.75) is 0 Å². The molecule has 0 aliphatic carbocycles. The highest BCUT2D eigenvalue weighted by Gasteiger charge is 2.04. The number of hydrogen-bond acceptors (Lipinski definition) is 5. The second kappa shape index (κ2) is 2.87. The van der Waals surface area contributed by atoms with Gasteiger partial charge in [-0.2, -0.15) is 0 Å². The zero-order chi connectivity index (χ0) is 9.26. The van der Waals surface area contributed by atoms with E-state index >= 15 is 0 Å². The predicted octanol–water partition coefficient (Wildman–Crippen LogP) is 1.01. The number of anilines is 2. The molecule has 13 heavy (non-hydrogen) atoms. The first-order valence-electron chi connectivity index (χ1n) is 3.74. The lowest BCUT2D eigenvalue weighted by Crippen LogP contribution is -2.00. The fraction of sp³-hybridized carbons (Fsp3) is 0. The second-order valence-electron chi connectivity index (χ2n) is 2.59. The summed E-state index contributed by atoms with van der Waals surface area (Å²) in [5, 5.41) is 17.6.